The number of amides is 1. The van der Waals surface area contributed by atoms with E-state index in [1.54, 1.807) is 36.4 Å². The fourth-order valence-corrected chi connectivity index (χ4v) is 2.58. The standard InChI is InChI=1S/C23H19FN2O5/c1-29-20-12-7-17(13-21(20)30-2)23(28)31-19-10-3-15(4-11-19)14-25-26-22(27)16-5-8-18(24)9-6-16/h3-14H,1-2H3,(H,26,27)/b25-14-. The van der Waals surface area contributed by atoms with Crippen LogP contribution in [-0.4, -0.2) is 32.3 Å². The number of esters is 1. The van der Waals surface area contributed by atoms with Gasteiger partial charge in [0.25, 0.3) is 5.91 Å². The molecule has 0 aliphatic rings. The van der Waals surface area contributed by atoms with Gasteiger partial charge in [0, 0.05) is 5.56 Å². The Morgan fingerprint density at radius 3 is 2.16 bits per heavy atom. The first-order chi connectivity index (χ1) is 15.0. The van der Waals surface area contributed by atoms with Crippen LogP contribution in [0.1, 0.15) is 26.3 Å². The first-order valence-corrected chi connectivity index (χ1v) is 9.13. The molecule has 0 atom stereocenters. The lowest BCUT2D eigenvalue weighted by Gasteiger charge is -2.09. The zero-order chi connectivity index (χ0) is 22.2. The van der Waals surface area contributed by atoms with Crippen LogP contribution in [0.3, 0.4) is 0 Å². The Kier molecular flexibility index (Phi) is 6.95. The van der Waals surface area contributed by atoms with Gasteiger partial charge in [-0.1, -0.05) is 0 Å². The van der Waals surface area contributed by atoms with E-state index in [0.29, 0.717) is 28.4 Å². The number of nitrogens with zero attached hydrogens (tertiary/aromatic N) is 1. The Labute approximate surface area is 178 Å². The molecule has 0 aliphatic carbocycles. The van der Waals surface area contributed by atoms with Crippen molar-refractivity contribution in [1.82, 2.24) is 5.43 Å². The van der Waals surface area contributed by atoms with Gasteiger partial charge in [0.2, 0.25) is 0 Å². The molecule has 0 heterocycles. The van der Waals surface area contributed by atoms with E-state index in [9.17, 15) is 14.0 Å². The number of methoxy groups -OCH3 is 2. The average Bonchev–Trinajstić information content (AvgIpc) is 2.80. The number of benzene rings is 3. The highest BCUT2D eigenvalue weighted by Gasteiger charge is 2.13. The van der Waals surface area contributed by atoms with Gasteiger partial charge in [0.05, 0.1) is 26.0 Å². The lowest BCUT2D eigenvalue weighted by molar-refractivity contribution is 0.0734. The largest absolute Gasteiger partial charge is 0.493 e. The smallest absolute Gasteiger partial charge is 0.343 e. The van der Waals surface area contributed by atoms with Crippen molar-refractivity contribution >= 4 is 18.1 Å². The normalized spacial score (nSPS) is 10.5. The summed E-state index contributed by atoms with van der Waals surface area (Å²) in [4.78, 5) is 24.3. The van der Waals surface area contributed by atoms with E-state index in [4.69, 9.17) is 14.2 Å². The quantitative estimate of drug-likeness (QED) is 0.271. The lowest BCUT2D eigenvalue weighted by atomic mass is 10.2. The molecule has 0 aromatic heterocycles. The molecule has 0 aliphatic heterocycles. The Bertz CT molecular complexity index is 1100. The molecule has 158 valence electrons. The summed E-state index contributed by atoms with van der Waals surface area (Å²) < 4.78 is 28.6. The number of nitrogens with one attached hydrogen (secondary N) is 1. The molecule has 0 saturated carbocycles. The van der Waals surface area contributed by atoms with Crippen LogP contribution < -0.4 is 19.6 Å². The van der Waals surface area contributed by atoms with E-state index < -0.39 is 17.7 Å². The molecule has 0 radical (unpaired) electrons. The number of hydrogen-bond donors (Lipinski definition) is 1. The average molecular weight is 422 g/mol. The third-order valence-electron chi connectivity index (χ3n) is 4.20. The van der Waals surface area contributed by atoms with Gasteiger partial charge >= 0.3 is 5.97 Å². The fourth-order valence-electron chi connectivity index (χ4n) is 2.58. The zero-order valence-corrected chi connectivity index (χ0v) is 16.8. The second kappa shape index (κ2) is 10.0. The number of ether oxygens (including phenoxy) is 3. The molecule has 31 heavy (non-hydrogen) atoms. The molecule has 0 saturated heterocycles. The van der Waals surface area contributed by atoms with Crippen molar-refractivity contribution in [3.05, 3.63) is 89.2 Å². The van der Waals surface area contributed by atoms with Crippen LogP contribution in [0.25, 0.3) is 0 Å². The van der Waals surface area contributed by atoms with E-state index >= 15 is 0 Å². The Morgan fingerprint density at radius 1 is 0.871 bits per heavy atom. The van der Waals surface area contributed by atoms with Crippen LogP contribution in [0.4, 0.5) is 4.39 Å². The van der Waals surface area contributed by atoms with E-state index in [0.717, 1.165) is 0 Å². The number of hydrazone groups is 1. The fraction of sp³-hybridized carbons (Fsp3) is 0.0870. The third-order valence-corrected chi connectivity index (χ3v) is 4.20. The first kappa shape index (κ1) is 21.5. The molecule has 8 heteroatoms. The van der Waals surface area contributed by atoms with Crippen molar-refractivity contribution in [1.29, 1.82) is 0 Å². The molecule has 3 aromatic carbocycles. The van der Waals surface area contributed by atoms with E-state index in [2.05, 4.69) is 10.5 Å². The van der Waals surface area contributed by atoms with Crippen LogP contribution in [0.2, 0.25) is 0 Å². The lowest BCUT2D eigenvalue weighted by Crippen LogP contribution is -2.17. The van der Waals surface area contributed by atoms with Crippen LogP contribution in [0, 0.1) is 5.82 Å². The Hall–Kier alpha value is -4.20. The summed E-state index contributed by atoms with van der Waals surface area (Å²) in [7, 11) is 2.99. The van der Waals surface area contributed by atoms with Gasteiger partial charge < -0.3 is 14.2 Å². The highest BCUT2D eigenvalue weighted by atomic mass is 19.1. The van der Waals surface area contributed by atoms with E-state index in [1.165, 1.54) is 50.8 Å². The van der Waals surface area contributed by atoms with Gasteiger partial charge in [-0.2, -0.15) is 5.10 Å². The molecule has 1 amide bonds. The molecular weight excluding hydrogens is 403 g/mol. The molecule has 3 rings (SSSR count). The van der Waals surface area contributed by atoms with Crippen molar-refractivity contribution in [2.45, 2.75) is 0 Å². The predicted octanol–water partition coefficient (Wildman–Crippen LogP) is 3.83. The minimum atomic E-state index is -0.547. The summed E-state index contributed by atoms with van der Waals surface area (Å²) in [6, 6.07) is 16.4. The molecule has 3 aromatic rings. The molecule has 7 nitrogen and oxygen atoms in total. The van der Waals surface area contributed by atoms with Gasteiger partial charge in [-0.25, -0.2) is 14.6 Å². The molecule has 0 fully saturated rings. The van der Waals surface area contributed by atoms with Crippen LogP contribution >= 0.6 is 0 Å². The van der Waals surface area contributed by atoms with E-state index in [-0.39, 0.29) is 5.56 Å². The molecule has 0 spiro atoms. The van der Waals surface area contributed by atoms with Crippen molar-refractivity contribution in [3.8, 4) is 17.2 Å². The van der Waals surface area contributed by atoms with E-state index in [1.807, 2.05) is 0 Å². The molecule has 1 N–H and O–H groups in total. The topological polar surface area (TPSA) is 86.2 Å². The minimum absolute atomic E-state index is 0.288. The predicted molar refractivity (Wildman–Crippen MR) is 112 cm³/mol. The molecular formula is C23H19FN2O5. The monoisotopic (exact) mass is 422 g/mol. The number of rotatable bonds is 7. The number of halogens is 1. The Morgan fingerprint density at radius 2 is 1.52 bits per heavy atom. The second-order valence-electron chi connectivity index (χ2n) is 6.23. The van der Waals surface area contributed by atoms with Gasteiger partial charge in [0.15, 0.2) is 11.5 Å². The van der Waals surface area contributed by atoms with Crippen molar-refractivity contribution < 1.29 is 28.2 Å². The first-order valence-electron chi connectivity index (χ1n) is 9.13. The summed E-state index contributed by atoms with van der Waals surface area (Å²) in [6.07, 6.45) is 1.43. The Balaban J connectivity index is 1.58. The van der Waals surface area contributed by atoms with Gasteiger partial charge in [-0.05, 0) is 72.3 Å². The highest BCUT2D eigenvalue weighted by molar-refractivity contribution is 5.95. The van der Waals surface area contributed by atoms with Gasteiger partial charge in [-0.3, -0.25) is 4.79 Å². The number of carbonyl (C=O) groups is 2. The molecule has 0 bridgehead atoms. The number of carbonyl (C=O) groups excluding carboxylic acids is 2. The maximum absolute atomic E-state index is 12.9. The maximum atomic E-state index is 12.9. The van der Waals surface area contributed by atoms with Gasteiger partial charge in [0.1, 0.15) is 11.6 Å². The van der Waals surface area contributed by atoms with Crippen LogP contribution in [-0.2, 0) is 0 Å². The maximum Gasteiger partial charge on any atom is 0.343 e. The zero-order valence-electron chi connectivity index (χ0n) is 16.8. The van der Waals surface area contributed by atoms with Crippen molar-refractivity contribution in [2.75, 3.05) is 14.2 Å². The summed E-state index contributed by atoms with van der Waals surface area (Å²) >= 11 is 0. The summed E-state index contributed by atoms with van der Waals surface area (Å²) in [5.74, 6) is -0.162. The third kappa shape index (κ3) is 5.66. The summed E-state index contributed by atoms with van der Waals surface area (Å²) in [6.45, 7) is 0. The van der Waals surface area contributed by atoms with Gasteiger partial charge in [-0.15, -0.1) is 0 Å². The van der Waals surface area contributed by atoms with Crippen molar-refractivity contribution in [2.24, 2.45) is 5.10 Å². The number of hydrogen-bond acceptors (Lipinski definition) is 6. The van der Waals surface area contributed by atoms with Crippen molar-refractivity contribution in [3.63, 3.8) is 0 Å². The SMILES string of the molecule is COc1ccc(C(=O)Oc2ccc(/C=N\NC(=O)c3ccc(F)cc3)cc2)cc1OC. The minimum Gasteiger partial charge on any atom is -0.493 e. The summed E-state index contributed by atoms with van der Waals surface area (Å²) in [5.41, 5.74) is 3.63. The second-order valence-corrected chi connectivity index (χ2v) is 6.23. The van der Waals surface area contributed by atoms with Crippen LogP contribution in [0.5, 0.6) is 17.2 Å². The highest BCUT2D eigenvalue weighted by Crippen LogP contribution is 2.28. The summed E-state index contributed by atoms with van der Waals surface area (Å²) in [5, 5.41) is 3.86. The molecule has 0 unspecified atom stereocenters. The van der Waals surface area contributed by atoms with Crippen LogP contribution in [0.15, 0.2) is 71.8 Å².